The van der Waals surface area contributed by atoms with E-state index in [-0.39, 0.29) is 6.04 Å². The number of thiazole rings is 1. The minimum Gasteiger partial charge on any atom is -0.309 e. The number of hydrogen-bond acceptors (Lipinski definition) is 4. The molecule has 18 heavy (non-hydrogen) atoms. The second-order valence-electron chi connectivity index (χ2n) is 4.09. The van der Waals surface area contributed by atoms with E-state index in [2.05, 4.69) is 34.5 Å². The Morgan fingerprint density at radius 3 is 3.06 bits per heavy atom. The zero-order valence-electron chi connectivity index (χ0n) is 10.5. The van der Waals surface area contributed by atoms with Crippen LogP contribution in [0.25, 0.3) is 10.7 Å². The van der Waals surface area contributed by atoms with Crippen molar-refractivity contribution >= 4 is 22.9 Å². The molecule has 0 aliphatic rings. The Morgan fingerprint density at radius 1 is 1.50 bits per heavy atom. The quantitative estimate of drug-likeness (QED) is 0.903. The molecule has 0 aliphatic carbocycles. The fourth-order valence-corrected chi connectivity index (χ4v) is 2.79. The van der Waals surface area contributed by atoms with Gasteiger partial charge in [-0.3, -0.25) is 4.98 Å². The molecule has 0 aliphatic heterocycles. The van der Waals surface area contributed by atoms with E-state index in [9.17, 15) is 0 Å². The summed E-state index contributed by atoms with van der Waals surface area (Å²) in [7, 11) is 0. The van der Waals surface area contributed by atoms with E-state index >= 15 is 0 Å². The summed E-state index contributed by atoms with van der Waals surface area (Å²) in [6.07, 6.45) is 2.86. The zero-order chi connectivity index (χ0) is 13.0. The van der Waals surface area contributed by atoms with Gasteiger partial charge in [0, 0.05) is 17.6 Å². The van der Waals surface area contributed by atoms with Crippen LogP contribution in [0.1, 0.15) is 32.0 Å². The van der Waals surface area contributed by atoms with Crippen LogP contribution in [0, 0.1) is 0 Å². The normalized spacial score (nSPS) is 12.6. The lowest BCUT2D eigenvalue weighted by molar-refractivity contribution is 0.561. The Kier molecular flexibility index (Phi) is 4.69. The van der Waals surface area contributed by atoms with E-state index < -0.39 is 0 Å². The summed E-state index contributed by atoms with van der Waals surface area (Å²) < 4.78 is 0. The summed E-state index contributed by atoms with van der Waals surface area (Å²) in [5, 5.41) is 7.00. The third-order valence-corrected chi connectivity index (χ3v) is 3.80. The van der Waals surface area contributed by atoms with E-state index in [1.54, 1.807) is 17.5 Å². The second kappa shape index (κ2) is 6.27. The summed E-state index contributed by atoms with van der Waals surface area (Å²) in [5.41, 5.74) is 1.81. The fraction of sp³-hybridized carbons (Fsp3) is 0.385. The molecule has 1 atom stereocenters. The lowest BCUT2D eigenvalue weighted by atomic mass is 10.2. The number of halogens is 1. The van der Waals surface area contributed by atoms with Crippen LogP contribution < -0.4 is 5.32 Å². The number of rotatable bonds is 5. The van der Waals surface area contributed by atoms with Crippen LogP contribution in [0.4, 0.5) is 0 Å². The molecular formula is C13H16ClN3S. The van der Waals surface area contributed by atoms with E-state index in [4.69, 9.17) is 11.6 Å². The summed E-state index contributed by atoms with van der Waals surface area (Å²) in [5.74, 6) is 0. The lowest BCUT2D eigenvalue weighted by Crippen LogP contribution is -2.19. The van der Waals surface area contributed by atoms with Gasteiger partial charge in [0.05, 0.1) is 10.7 Å². The number of hydrogen-bond donors (Lipinski definition) is 1. The molecule has 0 saturated carbocycles. The van der Waals surface area contributed by atoms with E-state index in [1.807, 2.05) is 12.1 Å². The number of nitrogens with zero attached hydrogens (tertiary/aromatic N) is 2. The summed E-state index contributed by atoms with van der Waals surface area (Å²) in [6, 6.07) is 3.92. The summed E-state index contributed by atoms with van der Waals surface area (Å²) in [4.78, 5) is 8.88. The van der Waals surface area contributed by atoms with Crippen molar-refractivity contribution in [2.75, 3.05) is 6.54 Å². The van der Waals surface area contributed by atoms with Crippen molar-refractivity contribution in [2.45, 2.75) is 26.3 Å². The molecule has 1 unspecified atom stereocenters. The van der Waals surface area contributed by atoms with Gasteiger partial charge >= 0.3 is 0 Å². The monoisotopic (exact) mass is 281 g/mol. The molecule has 2 heterocycles. The molecule has 0 saturated heterocycles. The Labute approximate surface area is 116 Å². The SMILES string of the molecule is CCCNC(C)c1csc(-c2ncccc2Cl)n1. The highest BCUT2D eigenvalue weighted by atomic mass is 35.5. The van der Waals surface area contributed by atoms with Gasteiger partial charge in [-0.25, -0.2) is 4.98 Å². The predicted octanol–water partition coefficient (Wildman–Crippen LogP) is 3.92. The van der Waals surface area contributed by atoms with Crippen LogP contribution in [0.2, 0.25) is 5.02 Å². The van der Waals surface area contributed by atoms with E-state index in [0.29, 0.717) is 5.02 Å². The van der Waals surface area contributed by atoms with Crippen LogP contribution in [0.5, 0.6) is 0 Å². The van der Waals surface area contributed by atoms with Crippen LogP contribution in [-0.4, -0.2) is 16.5 Å². The molecule has 96 valence electrons. The molecule has 5 heteroatoms. The fourth-order valence-electron chi connectivity index (χ4n) is 1.60. The topological polar surface area (TPSA) is 37.8 Å². The molecule has 0 spiro atoms. The molecule has 2 aromatic rings. The first-order valence-corrected chi connectivity index (χ1v) is 7.27. The van der Waals surface area contributed by atoms with Gasteiger partial charge in [0.15, 0.2) is 0 Å². The predicted molar refractivity (Wildman–Crippen MR) is 77.1 cm³/mol. The van der Waals surface area contributed by atoms with Gasteiger partial charge in [-0.05, 0) is 32.0 Å². The Bertz CT molecular complexity index is 512. The van der Waals surface area contributed by atoms with Gasteiger partial charge in [0.2, 0.25) is 0 Å². The highest BCUT2D eigenvalue weighted by molar-refractivity contribution is 7.13. The highest BCUT2D eigenvalue weighted by Crippen LogP contribution is 2.29. The van der Waals surface area contributed by atoms with Crippen LogP contribution >= 0.6 is 22.9 Å². The largest absolute Gasteiger partial charge is 0.309 e. The number of nitrogens with one attached hydrogen (secondary N) is 1. The smallest absolute Gasteiger partial charge is 0.143 e. The van der Waals surface area contributed by atoms with Crippen molar-refractivity contribution in [3.05, 3.63) is 34.4 Å². The first kappa shape index (κ1) is 13.5. The maximum atomic E-state index is 6.12. The maximum absolute atomic E-state index is 6.12. The third-order valence-electron chi connectivity index (χ3n) is 2.63. The molecule has 2 rings (SSSR count). The molecule has 2 aromatic heterocycles. The van der Waals surface area contributed by atoms with Gasteiger partial charge in [0.1, 0.15) is 10.7 Å². The van der Waals surface area contributed by atoms with Crippen LogP contribution in [-0.2, 0) is 0 Å². The molecule has 0 aromatic carbocycles. The summed E-state index contributed by atoms with van der Waals surface area (Å²) in [6.45, 7) is 5.27. The lowest BCUT2D eigenvalue weighted by Gasteiger charge is -2.09. The van der Waals surface area contributed by atoms with Gasteiger partial charge in [-0.1, -0.05) is 18.5 Å². The Balaban J connectivity index is 2.18. The van der Waals surface area contributed by atoms with Crippen molar-refractivity contribution in [1.82, 2.24) is 15.3 Å². The molecule has 1 N–H and O–H groups in total. The zero-order valence-corrected chi connectivity index (χ0v) is 12.1. The average Bonchev–Trinajstić information content (AvgIpc) is 2.86. The third kappa shape index (κ3) is 3.07. The molecular weight excluding hydrogens is 266 g/mol. The van der Waals surface area contributed by atoms with E-state index in [1.165, 1.54) is 0 Å². The van der Waals surface area contributed by atoms with Crippen molar-refractivity contribution in [3.8, 4) is 10.7 Å². The Hall–Kier alpha value is -0.970. The highest BCUT2D eigenvalue weighted by Gasteiger charge is 2.12. The molecule has 0 fully saturated rings. The van der Waals surface area contributed by atoms with Crippen molar-refractivity contribution in [2.24, 2.45) is 0 Å². The maximum Gasteiger partial charge on any atom is 0.143 e. The van der Waals surface area contributed by atoms with Crippen molar-refractivity contribution in [3.63, 3.8) is 0 Å². The van der Waals surface area contributed by atoms with Crippen molar-refractivity contribution < 1.29 is 0 Å². The van der Waals surface area contributed by atoms with E-state index in [0.717, 1.165) is 29.4 Å². The molecule has 0 amide bonds. The van der Waals surface area contributed by atoms with Gasteiger partial charge in [0.25, 0.3) is 0 Å². The standard InChI is InChI=1S/C13H16ClN3S/c1-3-6-15-9(2)11-8-18-13(17-11)12-10(14)5-4-7-16-12/h4-5,7-9,15H,3,6H2,1-2H3. The van der Waals surface area contributed by atoms with Crippen LogP contribution in [0.3, 0.4) is 0 Å². The number of pyridine rings is 1. The average molecular weight is 282 g/mol. The van der Waals surface area contributed by atoms with Gasteiger partial charge in [-0.2, -0.15) is 0 Å². The first-order chi connectivity index (χ1) is 8.72. The Morgan fingerprint density at radius 2 is 2.33 bits per heavy atom. The minimum atomic E-state index is 0.262. The van der Waals surface area contributed by atoms with Crippen molar-refractivity contribution in [1.29, 1.82) is 0 Å². The molecule has 0 radical (unpaired) electrons. The van der Waals surface area contributed by atoms with Gasteiger partial charge < -0.3 is 5.32 Å². The van der Waals surface area contributed by atoms with Crippen LogP contribution in [0.15, 0.2) is 23.7 Å². The minimum absolute atomic E-state index is 0.262. The summed E-state index contributed by atoms with van der Waals surface area (Å²) >= 11 is 7.70. The number of aromatic nitrogens is 2. The first-order valence-electron chi connectivity index (χ1n) is 6.02. The van der Waals surface area contributed by atoms with Gasteiger partial charge in [-0.15, -0.1) is 11.3 Å². The molecule has 0 bridgehead atoms. The molecule has 3 nitrogen and oxygen atoms in total. The second-order valence-corrected chi connectivity index (χ2v) is 5.35.